The number of carboxylic acid groups (broad SMARTS) is 1. The van der Waals surface area contributed by atoms with E-state index < -0.39 is 12.1 Å². The van der Waals surface area contributed by atoms with Gasteiger partial charge >= 0.3 is 6.09 Å². The van der Waals surface area contributed by atoms with Crippen molar-refractivity contribution in [3.63, 3.8) is 0 Å². The number of carbonyl (C=O) groups excluding carboxylic acids is 1. The van der Waals surface area contributed by atoms with Crippen LogP contribution in [0.5, 0.6) is 0 Å². The van der Waals surface area contributed by atoms with Crippen molar-refractivity contribution in [1.82, 2.24) is 10.2 Å². The second-order valence-corrected chi connectivity index (χ2v) is 7.44. The lowest BCUT2D eigenvalue weighted by Gasteiger charge is -2.39. The number of nitrogens with one attached hydrogen (secondary N) is 1. The van der Waals surface area contributed by atoms with E-state index >= 15 is 0 Å². The summed E-state index contributed by atoms with van der Waals surface area (Å²) in [5.41, 5.74) is 2.15. The Balaban J connectivity index is 1.61. The first-order valence-electron chi connectivity index (χ1n) is 9.20. The van der Waals surface area contributed by atoms with E-state index in [4.69, 9.17) is 5.11 Å². The fourth-order valence-corrected chi connectivity index (χ4v) is 4.02. The van der Waals surface area contributed by atoms with E-state index in [2.05, 4.69) is 10.2 Å². The molecule has 1 atom stereocenters. The van der Waals surface area contributed by atoms with Crippen LogP contribution in [-0.4, -0.2) is 53.7 Å². The molecule has 1 aromatic rings. The number of rotatable bonds is 4. The number of fused-ring (bicyclic) bond motifs is 1. The van der Waals surface area contributed by atoms with E-state index in [-0.39, 0.29) is 17.6 Å². The zero-order chi connectivity index (χ0) is 18.8. The fourth-order valence-electron chi connectivity index (χ4n) is 4.02. The Bertz CT molecular complexity index is 687. The summed E-state index contributed by atoms with van der Waals surface area (Å²) in [6, 6.07) is 4.58. The van der Waals surface area contributed by atoms with Gasteiger partial charge in [0.15, 0.2) is 0 Å². The van der Waals surface area contributed by atoms with Gasteiger partial charge in [-0.05, 0) is 48.9 Å². The first-order chi connectivity index (χ1) is 12.4. The lowest BCUT2D eigenvalue weighted by atomic mass is 9.99. The Morgan fingerprint density at radius 3 is 2.54 bits per heavy atom. The molecule has 0 aliphatic carbocycles. The number of hydrogen-bond acceptors (Lipinski definition) is 3. The average molecular weight is 363 g/mol. The predicted octanol–water partition coefficient (Wildman–Crippen LogP) is 2.47. The summed E-state index contributed by atoms with van der Waals surface area (Å²) in [5.74, 6) is -0.446. The number of carbonyl (C=O) groups is 2. The number of nitrogens with zero attached hydrogens (tertiary/aromatic N) is 2. The van der Waals surface area contributed by atoms with Crippen molar-refractivity contribution < 1.29 is 19.1 Å². The van der Waals surface area contributed by atoms with Gasteiger partial charge in [-0.3, -0.25) is 4.79 Å². The van der Waals surface area contributed by atoms with Crippen LogP contribution in [0.2, 0.25) is 0 Å². The van der Waals surface area contributed by atoms with Crippen LogP contribution in [0.4, 0.5) is 14.9 Å². The maximum Gasteiger partial charge on any atom is 0.405 e. The SMILES string of the molecule is CC(C)[C@H](NC(=O)O)C(=O)N1CCC(N2CCc3cc(F)ccc32)CC1. The van der Waals surface area contributed by atoms with Gasteiger partial charge in [0.05, 0.1) is 0 Å². The van der Waals surface area contributed by atoms with Gasteiger partial charge < -0.3 is 20.2 Å². The molecule has 2 heterocycles. The Morgan fingerprint density at radius 1 is 1.23 bits per heavy atom. The molecular formula is C19H26FN3O3. The topological polar surface area (TPSA) is 72.9 Å². The smallest absolute Gasteiger partial charge is 0.405 e. The first-order valence-corrected chi connectivity index (χ1v) is 9.20. The summed E-state index contributed by atoms with van der Waals surface area (Å²) < 4.78 is 13.4. The molecule has 2 N–H and O–H groups in total. The molecule has 0 bridgehead atoms. The highest BCUT2D eigenvalue weighted by Crippen LogP contribution is 2.33. The third kappa shape index (κ3) is 3.76. The van der Waals surface area contributed by atoms with E-state index in [1.165, 1.54) is 6.07 Å². The number of likely N-dealkylation sites (tertiary alicyclic amines) is 1. The summed E-state index contributed by atoms with van der Waals surface area (Å²) in [7, 11) is 0. The number of anilines is 1. The molecule has 6 nitrogen and oxygen atoms in total. The lowest BCUT2D eigenvalue weighted by molar-refractivity contribution is -0.135. The molecule has 0 aromatic heterocycles. The van der Waals surface area contributed by atoms with Crippen molar-refractivity contribution in [3.8, 4) is 0 Å². The Hall–Kier alpha value is -2.31. The molecule has 26 heavy (non-hydrogen) atoms. The van der Waals surface area contributed by atoms with Crippen molar-refractivity contribution in [3.05, 3.63) is 29.6 Å². The van der Waals surface area contributed by atoms with Crippen LogP contribution in [0, 0.1) is 11.7 Å². The first kappa shape index (κ1) is 18.5. The molecule has 2 aliphatic heterocycles. The minimum Gasteiger partial charge on any atom is -0.465 e. The molecule has 7 heteroatoms. The van der Waals surface area contributed by atoms with Crippen LogP contribution in [-0.2, 0) is 11.2 Å². The van der Waals surface area contributed by atoms with Crippen molar-refractivity contribution in [2.75, 3.05) is 24.5 Å². The molecular weight excluding hydrogens is 337 g/mol. The monoisotopic (exact) mass is 363 g/mol. The number of piperidine rings is 1. The van der Waals surface area contributed by atoms with Gasteiger partial charge in [0.1, 0.15) is 11.9 Å². The predicted molar refractivity (Wildman–Crippen MR) is 96.8 cm³/mol. The van der Waals surface area contributed by atoms with Crippen molar-refractivity contribution in [2.45, 2.75) is 45.2 Å². The van der Waals surface area contributed by atoms with Gasteiger partial charge in [0.2, 0.25) is 5.91 Å². The summed E-state index contributed by atoms with van der Waals surface area (Å²) in [5, 5.41) is 11.3. The van der Waals surface area contributed by atoms with Crippen LogP contribution in [0.1, 0.15) is 32.3 Å². The molecule has 0 radical (unpaired) electrons. The zero-order valence-electron chi connectivity index (χ0n) is 15.2. The van der Waals surface area contributed by atoms with E-state index in [1.54, 1.807) is 11.0 Å². The molecule has 1 fully saturated rings. The second-order valence-electron chi connectivity index (χ2n) is 7.44. The third-order valence-electron chi connectivity index (χ3n) is 5.40. The maximum atomic E-state index is 13.4. The Morgan fingerprint density at radius 2 is 1.92 bits per heavy atom. The summed E-state index contributed by atoms with van der Waals surface area (Å²) >= 11 is 0. The number of hydrogen-bond donors (Lipinski definition) is 2. The van der Waals surface area contributed by atoms with Gasteiger partial charge in [-0.1, -0.05) is 13.8 Å². The zero-order valence-corrected chi connectivity index (χ0v) is 15.2. The molecule has 1 aromatic carbocycles. The standard InChI is InChI=1S/C19H26FN3O3/c1-12(2)17(21-19(25)26)18(24)22-8-6-15(7-9-22)23-10-5-13-11-14(20)3-4-16(13)23/h3-4,11-12,15,17,21H,5-10H2,1-2H3,(H,25,26)/t17-/m0/s1. The van der Waals surface area contributed by atoms with Gasteiger partial charge in [-0.2, -0.15) is 0 Å². The molecule has 2 aliphatic rings. The Kier molecular flexibility index (Phi) is 5.34. The number of benzene rings is 1. The molecule has 0 saturated carbocycles. The third-order valence-corrected chi connectivity index (χ3v) is 5.40. The van der Waals surface area contributed by atoms with Gasteiger partial charge in [0, 0.05) is 31.4 Å². The van der Waals surface area contributed by atoms with Crippen molar-refractivity contribution in [1.29, 1.82) is 0 Å². The van der Waals surface area contributed by atoms with E-state index in [0.717, 1.165) is 37.1 Å². The highest BCUT2D eigenvalue weighted by molar-refractivity contribution is 5.85. The fraction of sp³-hybridized carbons (Fsp3) is 0.579. The molecule has 2 amide bonds. The van der Waals surface area contributed by atoms with Crippen molar-refractivity contribution >= 4 is 17.7 Å². The van der Waals surface area contributed by atoms with E-state index in [0.29, 0.717) is 19.1 Å². The summed E-state index contributed by atoms with van der Waals surface area (Å²) in [6.45, 7) is 5.78. The molecule has 0 unspecified atom stereocenters. The maximum absolute atomic E-state index is 13.4. The highest BCUT2D eigenvalue weighted by Gasteiger charge is 2.34. The molecule has 3 rings (SSSR count). The molecule has 1 saturated heterocycles. The summed E-state index contributed by atoms with van der Waals surface area (Å²) in [6.07, 6.45) is 1.35. The number of halogens is 1. The van der Waals surface area contributed by atoms with Crippen LogP contribution >= 0.6 is 0 Å². The average Bonchev–Trinajstić information content (AvgIpc) is 3.01. The Labute approximate surface area is 153 Å². The van der Waals surface area contributed by atoms with Gasteiger partial charge in [-0.15, -0.1) is 0 Å². The highest BCUT2D eigenvalue weighted by atomic mass is 19.1. The minimum absolute atomic E-state index is 0.100. The van der Waals surface area contributed by atoms with E-state index in [9.17, 15) is 14.0 Å². The molecule has 142 valence electrons. The minimum atomic E-state index is -1.17. The van der Waals surface area contributed by atoms with Gasteiger partial charge in [-0.25, -0.2) is 9.18 Å². The molecule has 0 spiro atoms. The lowest BCUT2D eigenvalue weighted by Crippen LogP contribution is -2.54. The number of amides is 2. The normalized spacial score (nSPS) is 18.8. The van der Waals surface area contributed by atoms with Crippen LogP contribution in [0.25, 0.3) is 0 Å². The second kappa shape index (κ2) is 7.51. The van der Waals surface area contributed by atoms with Crippen molar-refractivity contribution in [2.24, 2.45) is 5.92 Å². The van der Waals surface area contributed by atoms with Crippen LogP contribution < -0.4 is 10.2 Å². The van der Waals surface area contributed by atoms with Gasteiger partial charge in [0.25, 0.3) is 0 Å². The van der Waals surface area contributed by atoms with Crippen LogP contribution in [0.15, 0.2) is 18.2 Å². The largest absolute Gasteiger partial charge is 0.465 e. The summed E-state index contributed by atoms with van der Waals surface area (Å²) in [4.78, 5) is 27.7. The van der Waals surface area contributed by atoms with E-state index in [1.807, 2.05) is 19.9 Å². The quantitative estimate of drug-likeness (QED) is 0.862. The van der Waals surface area contributed by atoms with Crippen LogP contribution in [0.3, 0.4) is 0 Å².